The van der Waals surface area contributed by atoms with Crippen molar-refractivity contribution in [3.05, 3.63) is 17.2 Å². The summed E-state index contributed by atoms with van der Waals surface area (Å²) in [5.41, 5.74) is 6.35. The molecule has 0 radical (unpaired) electrons. The number of hydrogen-bond donors (Lipinski definition) is 1. The highest BCUT2D eigenvalue weighted by atomic mass is 35.5. The first-order valence-corrected chi connectivity index (χ1v) is 5.93. The van der Waals surface area contributed by atoms with Crippen LogP contribution >= 0.6 is 11.6 Å². The minimum Gasteiger partial charge on any atom is -0.495 e. The Morgan fingerprint density at radius 3 is 2.17 bits per heavy atom. The van der Waals surface area contributed by atoms with Gasteiger partial charge >= 0.3 is 0 Å². The van der Waals surface area contributed by atoms with E-state index in [9.17, 15) is 0 Å². The summed E-state index contributed by atoms with van der Waals surface area (Å²) in [4.78, 5) is 4.38. The highest BCUT2D eigenvalue weighted by Crippen LogP contribution is 2.38. The number of amidine groups is 1. The second-order valence-corrected chi connectivity index (χ2v) is 5.31. The molecule has 0 spiro atoms. The van der Waals surface area contributed by atoms with Crippen LogP contribution in [0.2, 0.25) is 5.02 Å². The minimum absolute atomic E-state index is 0.210. The Bertz CT molecular complexity index is 465. The zero-order chi connectivity index (χ0) is 13.9. The van der Waals surface area contributed by atoms with E-state index in [1.807, 2.05) is 20.8 Å². The maximum atomic E-state index is 6.02. The summed E-state index contributed by atoms with van der Waals surface area (Å²) < 4.78 is 10.4. The van der Waals surface area contributed by atoms with E-state index in [-0.39, 0.29) is 5.41 Å². The van der Waals surface area contributed by atoms with Crippen LogP contribution in [-0.4, -0.2) is 20.1 Å². The number of hydrogen-bond acceptors (Lipinski definition) is 3. The van der Waals surface area contributed by atoms with Crippen LogP contribution in [0.4, 0.5) is 5.69 Å². The van der Waals surface area contributed by atoms with Crippen molar-refractivity contribution < 1.29 is 9.47 Å². The van der Waals surface area contributed by atoms with Crippen LogP contribution in [0.15, 0.2) is 17.1 Å². The van der Waals surface area contributed by atoms with Gasteiger partial charge in [-0.15, -0.1) is 0 Å². The van der Waals surface area contributed by atoms with E-state index in [1.165, 1.54) is 0 Å². The predicted molar refractivity (Wildman–Crippen MR) is 75.3 cm³/mol. The molecule has 0 unspecified atom stereocenters. The Morgan fingerprint density at radius 2 is 1.72 bits per heavy atom. The number of aliphatic imine (C=N–C) groups is 1. The molecule has 0 aliphatic rings. The molecule has 5 heteroatoms. The second kappa shape index (κ2) is 5.48. The number of ether oxygens (including phenoxy) is 2. The van der Waals surface area contributed by atoms with E-state index in [0.717, 1.165) is 0 Å². The van der Waals surface area contributed by atoms with Gasteiger partial charge in [-0.1, -0.05) is 32.4 Å². The molecule has 0 amide bonds. The zero-order valence-corrected chi connectivity index (χ0v) is 12.1. The van der Waals surface area contributed by atoms with Gasteiger partial charge in [0, 0.05) is 17.5 Å². The van der Waals surface area contributed by atoms with Gasteiger partial charge in [-0.3, -0.25) is 0 Å². The minimum atomic E-state index is -0.210. The number of rotatable bonds is 3. The molecule has 18 heavy (non-hydrogen) atoms. The smallest absolute Gasteiger partial charge is 0.146 e. The Morgan fingerprint density at radius 1 is 1.17 bits per heavy atom. The molecule has 0 saturated carbocycles. The molecule has 0 aliphatic carbocycles. The normalized spacial score (nSPS) is 12.4. The van der Waals surface area contributed by atoms with Gasteiger partial charge in [0.05, 0.1) is 19.2 Å². The van der Waals surface area contributed by atoms with Crippen LogP contribution < -0.4 is 15.2 Å². The fourth-order valence-corrected chi connectivity index (χ4v) is 1.46. The number of halogens is 1. The molecule has 4 nitrogen and oxygen atoms in total. The quantitative estimate of drug-likeness (QED) is 0.677. The van der Waals surface area contributed by atoms with E-state index in [0.29, 0.717) is 28.0 Å². The Balaban J connectivity index is 3.31. The summed E-state index contributed by atoms with van der Waals surface area (Å²) in [6, 6.07) is 3.37. The largest absolute Gasteiger partial charge is 0.495 e. The molecule has 0 atom stereocenters. The molecule has 0 saturated heterocycles. The van der Waals surface area contributed by atoms with Gasteiger partial charge in [-0.2, -0.15) is 0 Å². The van der Waals surface area contributed by atoms with Crippen molar-refractivity contribution >= 4 is 23.1 Å². The number of nitrogens with zero attached hydrogens (tertiary/aromatic N) is 1. The third-order valence-electron chi connectivity index (χ3n) is 2.46. The highest BCUT2D eigenvalue weighted by Gasteiger charge is 2.17. The monoisotopic (exact) mass is 270 g/mol. The van der Waals surface area contributed by atoms with E-state index >= 15 is 0 Å². The van der Waals surface area contributed by atoms with Gasteiger partial charge in [0.1, 0.15) is 23.0 Å². The first-order valence-electron chi connectivity index (χ1n) is 5.55. The third kappa shape index (κ3) is 3.29. The van der Waals surface area contributed by atoms with Gasteiger partial charge in [-0.25, -0.2) is 4.99 Å². The summed E-state index contributed by atoms with van der Waals surface area (Å²) in [5, 5.41) is 0.475. The molecular formula is C13H19ClN2O2. The average molecular weight is 271 g/mol. The molecule has 1 aromatic carbocycles. The summed E-state index contributed by atoms with van der Waals surface area (Å²) in [7, 11) is 3.11. The van der Waals surface area contributed by atoms with Gasteiger partial charge in [0.2, 0.25) is 0 Å². The lowest BCUT2D eigenvalue weighted by Gasteiger charge is -2.18. The fourth-order valence-electron chi connectivity index (χ4n) is 1.23. The van der Waals surface area contributed by atoms with Crippen LogP contribution in [-0.2, 0) is 0 Å². The zero-order valence-electron chi connectivity index (χ0n) is 11.4. The molecular weight excluding hydrogens is 252 g/mol. The number of nitrogens with two attached hydrogens (primary N) is 1. The van der Waals surface area contributed by atoms with Crippen LogP contribution in [0, 0.1) is 5.41 Å². The van der Waals surface area contributed by atoms with Gasteiger partial charge in [0.25, 0.3) is 0 Å². The molecule has 0 bridgehead atoms. The van der Waals surface area contributed by atoms with Crippen molar-refractivity contribution in [1.29, 1.82) is 0 Å². The lowest BCUT2D eigenvalue weighted by Crippen LogP contribution is -2.28. The summed E-state index contributed by atoms with van der Waals surface area (Å²) in [6.45, 7) is 5.97. The van der Waals surface area contributed by atoms with Crippen molar-refractivity contribution in [2.75, 3.05) is 14.2 Å². The third-order valence-corrected chi connectivity index (χ3v) is 2.76. The first kappa shape index (κ1) is 14.6. The SMILES string of the molecule is COc1cc(N=C(N)C(C)(C)C)c(OC)cc1Cl. The summed E-state index contributed by atoms with van der Waals surface area (Å²) in [6.07, 6.45) is 0. The maximum Gasteiger partial charge on any atom is 0.146 e. The Labute approximate surface area is 113 Å². The van der Waals surface area contributed by atoms with Crippen molar-refractivity contribution in [2.45, 2.75) is 20.8 Å². The molecule has 0 fully saturated rings. The average Bonchev–Trinajstić information content (AvgIpc) is 2.29. The topological polar surface area (TPSA) is 56.8 Å². The number of methoxy groups -OCH3 is 2. The number of benzene rings is 1. The van der Waals surface area contributed by atoms with Gasteiger partial charge in [0.15, 0.2) is 0 Å². The summed E-state index contributed by atoms with van der Waals surface area (Å²) in [5.74, 6) is 1.62. The molecule has 2 N–H and O–H groups in total. The standard InChI is InChI=1S/C13H19ClN2O2/c1-13(2,3)12(15)16-9-7-10(17-4)8(14)6-11(9)18-5/h6-7H,1-5H3,(H2,15,16). The van der Waals surface area contributed by atoms with Gasteiger partial charge in [-0.05, 0) is 0 Å². The van der Waals surface area contributed by atoms with Crippen LogP contribution in [0.3, 0.4) is 0 Å². The molecule has 0 aromatic heterocycles. The molecule has 100 valence electrons. The van der Waals surface area contributed by atoms with E-state index in [1.54, 1.807) is 26.4 Å². The Kier molecular flexibility index (Phi) is 4.46. The fraction of sp³-hybridized carbons (Fsp3) is 0.462. The van der Waals surface area contributed by atoms with Crippen molar-refractivity contribution in [1.82, 2.24) is 0 Å². The molecule has 1 aromatic rings. The van der Waals surface area contributed by atoms with E-state index < -0.39 is 0 Å². The van der Waals surface area contributed by atoms with E-state index in [2.05, 4.69) is 4.99 Å². The second-order valence-electron chi connectivity index (χ2n) is 4.91. The Hall–Kier alpha value is -1.42. The van der Waals surface area contributed by atoms with Crippen molar-refractivity contribution in [3.63, 3.8) is 0 Å². The van der Waals surface area contributed by atoms with E-state index in [4.69, 9.17) is 26.8 Å². The van der Waals surface area contributed by atoms with Crippen LogP contribution in [0.5, 0.6) is 11.5 Å². The lowest BCUT2D eigenvalue weighted by atomic mass is 9.95. The lowest BCUT2D eigenvalue weighted by molar-refractivity contribution is 0.404. The predicted octanol–water partition coefficient (Wildman–Crippen LogP) is 3.39. The molecule has 1 rings (SSSR count). The van der Waals surface area contributed by atoms with Crippen LogP contribution in [0.25, 0.3) is 0 Å². The van der Waals surface area contributed by atoms with Gasteiger partial charge < -0.3 is 15.2 Å². The van der Waals surface area contributed by atoms with Crippen LogP contribution in [0.1, 0.15) is 20.8 Å². The first-order chi connectivity index (χ1) is 8.29. The molecule has 0 heterocycles. The highest BCUT2D eigenvalue weighted by molar-refractivity contribution is 6.32. The summed E-state index contributed by atoms with van der Waals surface area (Å²) >= 11 is 6.02. The maximum absolute atomic E-state index is 6.02. The van der Waals surface area contributed by atoms with Crippen molar-refractivity contribution in [3.8, 4) is 11.5 Å². The molecule has 0 aliphatic heterocycles. The van der Waals surface area contributed by atoms with Crippen molar-refractivity contribution in [2.24, 2.45) is 16.1 Å².